The van der Waals surface area contributed by atoms with E-state index in [-0.39, 0.29) is 0 Å². The van der Waals surface area contributed by atoms with Gasteiger partial charge < -0.3 is 10.0 Å². The molecule has 0 saturated carbocycles. The Labute approximate surface area is 112 Å². The Morgan fingerprint density at radius 2 is 1.67 bits per heavy atom. The minimum Gasteiger partial charge on any atom is -0.508 e. The Balaban J connectivity index is 2.20. The molecule has 0 bridgehead atoms. The van der Waals surface area contributed by atoms with Gasteiger partial charge in [0.2, 0.25) is 0 Å². The molecule has 0 aliphatic rings. The zero-order valence-corrected chi connectivity index (χ0v) is 11.5. The lowest BCUT2D eigenvalue weighted by atomic mass is 10.2. The van der Waals surface area contributed by atoms with Crippen LogP contribution in [0.1, 0.15) is 5.56 Å². The highest BCUT2D eigenvalue weighted by Gasteiger charge is 2.06. The highest BCUT2D eigenvalue weighted by Crippen LogP contribution is 2.30. The van der Waals surface area contributed by atoms with Crippen LogP contribution in [-0.4, -0.2) is 19.2 Å². The topological polar surface area (TPSA) is 24.7 Å². The van der Waals surface area contributed by atoms with E-state index in [1.54, 1.807) is 23.9 Å². The third-order valence-electron chi connectivity index (χ3n) is 2.58. The van der Waals surface area contributed by atoms with Gasteiger partial charge >= 0.3 is 0 Å². The normalized spacial score (nSPS) is 10.8. The molecule has 0 unspecified atom stereocenters. The number of benzene rings is 2. The first-order chi connectivity index (χ1) is 8.65. The molecule has 0 aliphatic heterocycles. The van der Waals surface area contributed by atoms with E-state index < -0.39 is 0 Å². The highest BCUT2D eigenvalue weighted by atomic mass is 32.2. The van der Waals surface area contributed by atoms with Gasteiger partial charge in [-0.25, -0.2) is 0 Å². The molecule has 0 amide bonds. The number of quaternary nitrogens is 1. The van der Waals surface area contributed by atoms with Gasteiger partial charge in [0.25, 0.3) is 0 Å². The Morgan fingerprint density at radius 3 is 2.33 bits per heavy atom. The lowest BCUT2D eigenvalue weighted by Crippen LogP contribution is -3.04. The molecule has 0 atom stereocenters. The SMILES string of the molecule is C[NH+](C)Cc1ccccc1Sc1ccc(O)cc1. The van der Waals surface area contributed by atoms with Crippen molar-refractivity contribution in [3.63, 3.8) is 0 Å². The molecule has 3 heteroatoms. The van der Waals surface area contributed by atoms with Crippen molar-refractivity contribution in [2.75, 3.05) is 14.1 Å². The molecule has 0 radical (unpaired) electrons. The number of rotatable bonds is 4. The van der Waals surface area contributed by atoms with E-state index in [4.69, 9.17) is 0 Å². The van der Waals surface area contributed by atoms with Crippen LogP contribution in [0.2, 0.25) is 0 Å². The van der Waals surface area contributed by atoms with Gasteiger partial charge in [-0.15, -0.1) is 0 Å². The second-order valence-corrected chi connectivity index (χ2v) is 5.70. The molecular formula is C15H18NOS+. The van der Waals surface area contributed by atoms with E-state index in [0.29, 0.717) is 5.75 Å². The second-order valence-electron chi connectivity index (χ2n) is 4.59. The van der Waals surface area contributed by atoms with Crippen molar-refractivity contribution in [1.82, 2.24) is 0 Å². The van der Waals surface area contributed by atoms with Gasteiger partial charge in [-0.05, 0) is 30.3 Å². The van der Waals surface area contributed by atoms with E-state index in [1.807, 2.05) is 12.1 Å². The van der Waals surface area contributed by atoms with Gasteiger partial charge in [-0.1, -0.05) is 30.0 Å². The van der Waals surface area contributed by atoms with Crippen LogP contribution in [0.3, 0.4) is 0 Å². The van der Waals surface area contributed by atoms with E-state index in [0.717, 1.165) is 11.4 Å². The molecule has 2 aromatic carbocycles. The maximum absolute atomic E-state index is 9.28. The van der Waals surface area contributed by atoms with Crippen LogP contribution in [0.5, 0.6) is 5.75 Å². The van der Waals surface area contributed by atoms with E-state index in [9.17, 15) is 5.11 Å². The van der Waals surface area contributed by atoms with Crippen LogP contribution >= 0.6 is 11.8 Å². The van der Waals surface area contributed by atoms with Crippen LogP contribution in [0.4, 0.5) is 0 Å². The van der Waals surface area contributed by atoms with Gasteiger partial charge in [-0.3, -0.25) is 0 Å². The Bertz CT molecular complexity index is 508. The Kier molecular flexibility index (Phi) is 4.28. The van der Waals surface area contributed by atoms with Crippen LogP contribution in [0, 0.1) is 0 Å². The third-order valence-corrected chi connectivity index (χ3v) is 3.71. The van der Waals surface area contributed by atoms with Gasteiger partial charge in [0.1, 0.15) is 12.3 Å². The lowest BCUT2D eigenvalue weighted by molar-refractivity contribution is -0.872. The lowest BCUT2D eigenvalue weighted by Gasteiger charge is -2.11. The van der Waals surface area contributed by atoms with Gasteiger partial charge in [0.05, 0.1) is 14.1 Å². The van der Waals surface area contributed by atoms with Crippen molar-refractivity contribution in [3.8, 4) is 5.75 Å². The first-order valence-corrected chi connectivity index (χ1v) is 6.80. The molecule has 2 nitrogen and oxygen atoms in total. The molecule has 2 N–H and O–H groups in total. The minimum absolute atomic E-state index is 0.311. The van der Waals surface area contributed by atoms with Crippen molar-refractivity contribution in [2.45, 2.75) is 16.3 Å². The first kappa shape index (κ1) is 13.0. The third kappa shape index (κ3) is 3.52. The highest BCUT2D eigenvalue weighted by molar-refractivity contribution is 7.99. The molecule has 0 aromatic heterocycles. The summed E-state index contributed by atoms with van der Waals surface area (Å²) in [5.74, 6) is 0.311. The van der Waals surface area contributed by atoms with Crippen molar-refractivity contribution in [2.24, 2.45) is 0 Å². The number of hydrogen-bond acceptors (Lipinski definition) is 2. The molecule has 94 valence electrons. The number of nitrogens with one attached hydrogen (secondary N) is 1. The zero-order chi connectivity index (χ0) is 13.0. The summed E-state index contributed by atoms with van der Waals surface area (Å²) in [5, 5.41) is 9.28. The number of phenols is 1. The van der Waals surface area contributed by atoms with Gasteiger partial charge in [0, 0.05) is 15.4 Å². The molecule has 18 heavy (non-hydrogen) atoms. The fourth-order valence-corrected chi connectivity index (χ4v) is 2.72. The summed E-state index contributed by atoms with van der Waals surface area (Å²) in [6.45, 7) is 1.02. The average molecular weight is 260 g/mol. The number of hydrogen-bond donors (Lipinski definition) is 2. The van der Waals surface area contributed by atoms with Crippen molar-refractivity contribution in [3.05, 3.63) is 54.1 Å². The van der Waals surface area contributed by atoms with Crippen molar-refractivity contribution < 1.29 is 10.0 Å². The van der Waals surface area contributed by atoms with Crippen LogP contribution < -0.4 is 4.90 Å². The van der Waals surface area contributed by atoms with Crippen molar-refractivity contribution in [1.29, 1.82) is 0 Å². The maximum Gasteiger partial charge on any atom is 0.115 e. The summed E-state index contributed by atoms with van der Waals surface area (Å²) in [7, 11) is 4.31. The summed E-state index contributed by atoms with van der Waals surface area (Å²) in [6, 6.07) is 15.8. The fraction of sp³-hybridized carbons (Fsp3) is 0.200. The van der Waals surface area contributed by atoms with Gasteiger partial charge in [0.15, 0.2) is 0 Å². The molecule has 2 rings (SSSR count). The predicted octanol–water partition coefficient (Wildman–Crippen LogP) is 2.19. The van der Waals surface area contributed by atoms with E-state index in [1.165, 1.54) is 15.4 Å². The van der Waals surface area contributed by atoms with Gasteiger partial charge in [-0.2, -0.15) is 0 Å². The number of aromatic hydroxyl groups is 1. The summed E-state index contributed by atoms with van der Waals surface area (Å²) < 4.78 is 0. The van der Waals surface area contributed by atoms with Crippen molar-refractivity contribution >= 4 is 11.8 Å². The summed E-state index contributed by atoms with van der Waals surface area (Å²) in [5.41, 5.74) is 1.36. The first-order valence-electron chi connectivity index (χ1n) is 5.99. The molecule has 2 aromatic rings. The van der Waals surface area contributed by atoms with E-state index >= 15 is 0 Å². The molecule has 0 fully saturated rings. The molecular weight excluding hydrogens is 242 g/mol. The maximum atomic E-state index is 9.28. The summed E-state index contributed by atoms with van der Waals surface area (Å²) in [6.07, 6.45) is 0. The Hall–Kier alpha value is -1.45. The second kappa shape index (κ2) is 5.94. The van der Waals surface area contributed by atoms with E-state index in [2.05, 4.69) is 38.4 Å². The minimum atomic E-state index is 0.311. The van der Waals surface area contributed by atoms with Crippen LogP contribution in [-0.2, 0) is 6.54 Å². The molecule has 0 aliphatic carbocycles. The molecule has 0 heterocycles. The summed E-state index contributed by atoms with van der Waals surface area (Å²) in [4.78, 5) is 3.84. The quantitative estimate of drug-likeness (QED) is 0.881. The Morgan fingerprint density at radius 1 is 1.00 bits per heavy atom. The predicted molar refractivity (Wildman–Crippen MR) is 75.2 cm³/mol. The smallest absolute Gasteiger partial charge is 0.115 e. The van der Waals surface area contributed by atoms with Crippen LogP contribution in [0.25, 0.3) is 0 Å². The molecule has 0 saturated heterocycles. The average Bonchev–Trinajstić information content (AvgIpc) is 2.34. The zero-order valence-electron chi connectivity index (χ0n) is 10.7. The largest absolute Gasteiger partial charge is 0.508 e. The number of phenolic OH excluding ortho intramolecular Hbond substituents is 1. The monoisotopic (exact) mass is 260 g/mol. The standard InChI is InChI=1S/C15H17NOS/c1-16(2)11-12-5-3-4-6-15(12)18-14-9-7-13(17)8-10-14/h3-10,17H,11H2,1-2H3/p+1. The summed E-state index contributed by atoms with van der Waals surface area (Å²) >= 11 is 1.74. The fourth-order valence-electron chi connectivity index (χ4n) is 1.77. The van der Waals surface area contributed by atoms with Crippen LogP contribution in [0.15, 0.2) is 58.3 Å². The molecule has 0 spiro atoms.